The van der Waals surface area contributed by atoms with E-state index in [0.29, 0.717) is 12.2 Å². The molecule has 0 aliphatic rings. The Morgan fingerprint density at radius 1 is 1.00 bits per heavy atom. The molecule has 0 aromatic heterocycles. The molecule has 6 heteroatoms. The van der Waals surface area contributed by atoms with Gasteiger partial charge in [-0.2, -0.15) is 0 Å². The number of benzene rings is 2. The number of hydrogen-bond acceptors (Lipinski definition) is 3. The van der Waals surface area contributed by atoms with Crippen LogP contribution in [0.5, 0.6) is 0 Å². The maximum atomic E-state index is 12.0. The molecule has 0 spiro atoms. The number of unbranched alkanes of at least 4 members (excludes halogenated alkanes) is 1. The number of nitrogens with one attached hydrogen (secondary N) is 2. The van der Waals surface area contributed by atoms with Crippen molar-refractivity contribution in [3.8, 4) is 0 Å². The molecule has 0 atom stereocenters. The van der Waals surface area contributed by atoms with Gasteiger partial charge in [-0.1, -0.05) is 19.4 Å². The topological polar surface area (TPSA) is 58.2 Å². The summed E-state index contributed by atoms with van der Waals surface area (Å²) >= 11 is 3.67. The van der Waals surface area contributed by atoms with E-state index in [1.54, 1.807) is 0 Å². The number of thioether (sulfide) groups is 1. The first-order valence-corrected chi connectivity index (χ1v) is 10.2. The normalized spacial score (nSPS) is 10.3. The lowest BCUT2D eigenvalue weighted by Crippen LogP contribution is -2.14. The number of rotatable bonds is 8. The number of amides is 2. The van der Waals surface area contributed by atoms with E-state index in [4.69, 9.17) is 0 Å². The summed E-state index contributed by atoms with van der Waals surface area (Å²) in [7, 11) is 0. The van der Waals surface area contributed by atoms with Crippen LogP contribution in [0.1, 0.15) is 26.2 Å². The molecule has 0 heterocycles. The number of halogens is 1. The van der Waals surface area contributed by atoms with Crippen molar-refractivity contribution in [2.24, 2.45) is 0 Å². The molecule has 0 aliphatic heterocycles. The summed E-state index contributed by atoms with van der Waals surface area (Å²) in [6.45, 7) is 2.06. The molecule has 0 saturated heterocycles. The standard InChI is InChI=1S/C19H21IN2O2S/c1-2-3-7-18(23)22-16-5-4-6-17(12-16)25-13-19(24)21-15-10-8-14(20)9-11-15/h4-6,8-12H,2-3,7,13H2,1H3,(H,21,24)(H,22,23). The molecule has 25 heavy (non-hydrogen) atoms. The minimum Gasteiger partial charge on any atom is -0.326 e. The van der Waals surface area contributed by atoms with Crippen LogP contribution in [-0.4, -0.2) is 17.6 Å². The van der Waals surface area contributed by atoms with Crippen LogP contribution in [-0.2, 0) is 9.59 Å². The summed E-state index contributed by atoms with van der Waals surface area (Å²) in [5.74, 6) is 0.295. The summed E-state index contributed by atoms with van der Waals surface area (Å²) in [6.07, 6.45) is 2.42. The molecule has 2 aromatic rings. The van der Waals surface area contributed by atoms with Gasteiger partial charge in [0.2, 0.25) is 11.8 Å². The highest BCUT2D eigenvalue weighted by atomic mass is 127. The van der Waals surface area contributed by atoms with E-state index in [-0.39, 0.29) is 11.8 Å². The zero-order valence-electron chi connectivity index (χ0n) is 14.0. The Hall–Kier alpha value is -1.54. The molecule has 132 valence electrons. The van der Waals surface area contributed by atoms with Crippen LogP contribution in [0.2, 0.25) is 0 Å². The highest BCUT2D eigenvalue weighted by Gasteiger charge is 2.06. The van der Waals surface area contributed by atoms with Crippen LogP contribution in [0.4, 0.5) is 11.4 Å². The first kappa shape index (κ1) is 19.8. The van der Waals surface area contributed by atoms with E-state index in [1.807, 2.05) is 48.5 Å². The van der Waals surface area contributed by atoms with Crippen molar-refractivity contribution in [3.63, 3.8) is 0 Å². The second kappa shape index (κ2) is 10.5. The van der Waals surface area contributed by atoms with Gasteiger partial charge in [-0.15, -0.1) is 11.8 Å². The molecule has 2 N–H and O–H groups in total. The fourth-order valence-electron chi connectivity index (χ4n) is 2.10. The van der Waals surface area contributed by atoms with E-state index >= 15 is 0 Å². The quantitative estimate of drug-likeness (QED) is 0.416. The van der Waals surface area contributed by atoms with Crippen LogP contribution in [0.25, 0.3) is 0 Å². The molecular formula is C19H21IN2O2S. The third-order valence-corrected chi connectivity index (χ3v) is 5.09. The molecule has 0 aliphatic carbocycles. The molecule has 0 unspecified atom stereocenters. The minimum absolute atomic E-state index is 0.0282. The van der Waals surface area contributed by atoms with Crippen molar-refractivity contribution >= 4 is 57.5 Å². The highest BCUT2D eigenvalue weighted by molar-refractivity contribution is 14.1. The number of carbonyl (C=O) groups excluding carboxylic acids is 2. The Balaban J connectivity index is 1.83. The largest absolute Gasteiger partial charge is 0.326 e. The van der Waals surface area contributed by atoms with Crippen LogP contribution in [0, 0.1) is 3.57 Å². The monoisotopic (exact) mass is 468 g/mol. The minimum atomic E-state index is -0.0522. The summed E-state index contributed by atoms with van der Waals surface area (Å²) in [4.78, 5) is 24.8. The lowest BCUT2D eigenvalue weighted by atomic mass is 10.2. The Kier molecular flexibility index (Phi) is 8.27. The van der Waals surface area contributed by atoms with E-state index in [0.717, 1.165) is 32.7 Å². The van der Waals surface area contributed by atoms with Gasteiger partial charge in [-0.25, -0.2) is 0 Å². The summed E-state index contributed by atoms with van der Waals surface area (Å²) in [5.41, 5.74) is 1.56. The molecule has 0 bridgehead atoms. The highest BCUT2D eigenvalue weighted by Crippen LogP contribution is 2.22. The van der Waals surface area contributed by atoms with Gasteiger partial charge in [0, 0.05) is 26.3 Å². The maximum absolute atomic E-state index is 12.0. The van der Waals surface area contributed by atoms with Crippen molar-refractivity contribution in [3.05, 3.63) is 52.1 Å². The van der Waals surface area contributed by atoms with Crippen molar-refractivity contribution in [1.82, 2.24) is 0 Å². The second-order valence-corrected chi connectivity index (χ2v) is 7.82. The van der Waals surface area contributed by atoms with Crippen molar-refractivity contribution in [2.75, 3.05) is 16.4 Å². The predicted octanol–water partition coefficient (Wildman–Crippen LogP) is 5.15. The Labute approximate surface area is 166 Å². The van der Waals surface area contributed by atoms with Crippen molar-refractivity contribution in [1.29, 1.82) is 0 Å². The summed E-state index contributed by atoms with van der Waals surface area (Å²) < 4.78 is 1.13. The Morgan fingerprint density at radius 2 is 1.72 bits per heavy atom. The SMILES string of the molecule is CCCCC(=O)Nc1cccc(SCC(=O)Nc2ccc(I)cc2)c1. The first-order chi connectivity index (χ1) is 12.1. The van der Waals surface area contributed by atoms with Crippen LogP contribution in [0.15, 0.2) is 53.4 Å². The molecule has 0 radical (unpaired) electrons. The van der Waals surface area contributed by atoms with Gasteiger partial charge in [0.05, 0.1) is 5.75 Å². The van der Waals surface area contributed by atoms with Crippen molar-refractivity contribution in [2.45, 2.75) is 31.1 Å². The average Bonchev–Trinajstić information content (AvgIpc) is 2.60. The van der Waals surface area contributed by atoms with E-state index in [1.165, 1.54) is 11.8 Å². The third kappa shape index (κ3) is 7.48. The average molecular weight is 468 g/mol. The zero-order chi connectivity index (χ0) is 18.1. The number of anilines is 2. The lowest BCUT2D eigenvalue weighted by molar-refractivity contribution is -0.116. The number of carbonyl (C=O) groups is 2. The fourth-order valence-corrected chi connectivity index (χ4v) is 3.22. The van der Waals surface area contributed by atoms with Gasteiger partial charge in [0.15, 0.2) is 0 Å². The molecule has 0 fully saturated rings. The molecular weight excluding hydrogens is 447 g/mol. The molecule has 0 saturated carbocycles. The Morgan fingerprint density at radius 3 is 2.44 bits per heavy atom. The van der Waals surface area contributed by atoms with Gasteiger partial charge in [0.1, 0.15) is 0 Å². The Bertz CT molecular complexity index is 720. The molecule has 2 aromatic carbocycles. The zero-order valence-corrected chi connectivity index (χ0v) is 17.0. The van der Waals surface area contributed by atoms with E-state index in [2.05, 4.69) is 40.1 Å². The van der Waals surface area contributed by atoms with Gasteiger partial charge in [0.25, 0.3) is 0 Å². The molecule has 4 nitrogen and oxygen atoms in total. The van der Waals surface area contributed by atoms with Gasteiger partial charge in [-0.05, 0) is 71.5 Å². The van der Waals surface area contributed by atoms with Crippen LogP contribution >= 0.6 is 34.4 Å². The maximum Gasteiger partial charge on any atom is 0.234 e. The third-order valence-electron chi connectivity index (χ3n) is 3.37. The predicted molar refractivity (Wildman–Crippen MR) is 113 cm³/mol. The lowest BCUT2D eigenvalue weighted by Gasteiger charge is -2.08. The van der Waals surface area contributed by atoms with Gasteiger partial charge >= 0.3 is 0 Å². The first-order valence-electron chi connectivity index (χ1n) is 8.15. The fraction of sp³-hybridized carbons (Fsp3) is 0.263. The van der Waals surface area contributed by atoms with Gasteiger partial charge in [-0.3, -0.25) is 9.59 Å². The summed E-state index contributed by atoms with van der Waals surface area (Å²) in [5, 5.41) is 5.77. The van der Waals surface area contributed by atoms with Gasteiger partial charge < -0.3 is 10.6 Å². The van der Waals surface area contributed by atoms with E-state index < -0.39 is 0 Å². The smallest absolute Gasteiger partial charge is 0.234 e. The number of hydrogen-bond donors (Lipinski definition) is 2. The molecule has 2 rings (SSSR count). The van der Waals surface area contributed by atoms with Crippen LogP contribution < -0.4 is 10.6 Å². The van der Waals surface area contributed by atoms with Crippen molar-refractivity contribution < 1.29 is 9.59 Å². The van der Waals surface area contributed by atoms with Crippen LogP contribution in [0.3, 0.4) is 0 Å². The van der Waals surface area contributed by atoms with E-state index in [9.17, 15) is 9.59 Å². The second-order valence-electron chi connectivity index (χ2n) is 5.52. The molecule has 2 amide bonds. The summed E-state index contributed by atoms with van der Waals surface area (Å²) in [6, 6.07) is 15.3.